The molecule has 0 aliphatic rings. The summed E-state index contributed by atoms with van der Waals surface area (Å²) in [5.74, 6) is -0.712. The van der Waals surface area contributed by atoms with Crippen LogP contribution in [0.25, 0.3) is 11.1 Å². The standard InChI is InChI=1S/C14H19N3O4S/c1-8-6-9(12(18)17-22(5,19)20)11-10(7-14(2,3)4)16-21-13(11)15-8/h6H,7H2,1-5H3,(H,17,18). The summed E-state index contributed by atoms with van der Waals surface area (Å²) >= 11 is 0. The van der Waals surface area contributed by atoms with Crippen LogP contribution in [-0.4, -0.2) is 30.7 Å². The zero-order chi connectivity index (χ0) is 16.7. The van der Waals surface area contributed by atoms with Gasteiger partial charge >= 0.3 is 0 Å². The quantitative estimate of drug-likeness (QED) is 0.923. The molecule has 0 aromatic carbocycles. The van der Waals surface area contributed by atoms with Crippen molar-refractivity contribution in [2.24, 2.45) is 5.41 Å². The minimum Gasteiger partial charge on any atom is -0.336 e. The molecule has 8 heteroatoms. The van der Waals surface area contributed by atoms with E-state index in [1.807, 2.05) is 25.5 Å². The highest BCUT2D eigenvalue weighted by atomic mass is 32.2. The number of rotatable bonds is 3. The van der Waals surface area contributed by atoms with Gasteiger partial charge < -0.3 is 4.52 Å². The molecule has 1 amide bonds. The maximum atomic E-state index is 12.3. The number of carbonyl (C=O) groups excluding carboxylic acids is 1. The summed E-state index contributed by atoms with van der Waals surface area (Å²) in [5.41, 5.74) is 1.50. The molecule has 2 aromatic heterocycles. The van der Waals surface area contributed by atoms with E-state index in [1.165, 1.54) is 6.07 Å². The highest BCUT2D eigenvalue weighted by Crippen LogP contribution is 2.28. The second-order valence-electron chi connectivity index (χ2n) is 6.56. The lowest BCUT2D eigenvalue weighted by Gasteiger charge is -2.16. The molecule has 0 aliphatic heterocycles. The average molecular weight is 325 g/mol. The molecule has 0 atom stereocenters. The molecule has 7 nitrogen and oxygen atoms in total. The number of nitrogens with one attached hydrogen (secondary N) is 1. The first kappa shape index (κ1) is 16.4. The zero-order valence-corrected chi connectivity index (χ0v) is 14.0. The number of amides is 1. The van der Waals surface area contributed by atoms with Crippen LogP contribution in [0.4, 0.5) is 0 Å². The van der Waals surface area contributed by atoms with Crippen molar-refractivity contribution in [2.45, 2.75) is 34.1 Å². The van der Waals surface area contributed by atoms with Crippen LogP contribution in [0.15, 0.2) is 10.6 Å². The van der Waals surface area contributed by atoms with E-state index in [0.29, 0.717) is 23.2 Å². The molecular formula is C14H19N3O4S. The van der Waals surface area contributed by atoms with Crippen LogP contribution in [0.2, 0.25) is 0 Å². The average Bonchev–Trinajstić information content (AvgIpc) is 2.66. The molecule has 0 fully saturated rings. The number of sulfonamides is 1. The maximum absolute atomic E-state index is 12.3. The number of aryl methyl sites for hydroxylation is 1. The first-order valence-electron chi connectivity index (χ1n) is 6.74. The van der Waals surface area contributed by atoms with Crippen LogP contribution >= 0.6 is 0 Å². The lowest BCUT2D eigenvalue weighted by molar-refractivity contribution is 0.0983. The van der Waals surface area contributed by atoms with Gasteiger partial charge in [-0.05, 0) is 24.8 Å². The number of carbonyl (C=O) groups is 1. The number of hydrogen-bond acceptors (Lipinski definition) is 6. The molecule has 0 unspecified atom stereocenters. The van der Waals surface area contributed by atoms with Crippen LogP contribution in [0.1, 0.15) is 42.5 Å². The van der Waals surface area contributed by atoms with Gasteiger partial charge in [0.05, 0.1) is 22.9 Å². The molecule has 1 N–H and O–H groups in total. The predicted octanol–water partition coefficient (Wildman–Crippen LogP) is 1.81. The highest BCUT2D eigenvalue weighted by Gasteiger charge is 2.24. The van der Waals surface area contributed by atoms with E-state index in [9.17, 15) is 13.2 Å². The Bertz CT molecular complexity index is 832. The number of hydrogen-bond donors (Lipinski definition) is 1. The number of pyridine rings is 1. The van der Waals surface area contributed by atoms with Crippen molar-refractivity contribution in [2.75, 3.05) is 6.26 Å². The van der Waals surface area contributed by atoms with Crippen molar-refractivity contribution in [3.8, 4) is 0 Å². The summed E-state index contributed by atoms with van der Waals surface area (Å²) < 4.78 is 29.8. The first-order chi connectivity index (χ1) is 9.96. The van der Waals surface area contributed by atoms with Crippen molar-refractivity contribution in [3.05, 3.63) is 23.0 Å². The van der Waals surface area contributed by atoms with Gasteiger partial charge in [0.2, 0.25) is 10.0 Å². The largest absolute Gasteiger partial charge is 0.336 e. The molecule has 0 radical (unpaired) electrons. The molecule has 2 rings (SSSR count). The molecule has 2 heterocycles. The smallest absolute Gasteiger partial charge is 0.265 e. The highest BCUT2D eigenvalue weighted by molar-refractivity contribution is 7.89. The molecule has 0 saturated heterocycles. The van der Waals surface area contributed by atoms with Crippen LogP contribution < -0.4 is 4.72 Å². The molecular weight excluding hydrogens is 306 g/mol. The van der Waals surface area contributed by atoms with E-state index in [0.717, 1.165) is 6.26 Å². The Labute approximate surface area is 129 Å². The van der Waals surface area contributed by atoms with E-state index in [-0.39, 0.29) is 16.7 Å². The fraction of sp³-hybridized carbons (Fsp3) is 0.500. The maximum Gasteiger partial charge on any atom is 0.265 e. The van der Waals surface area contributed by atoms with Gasteiger partial charge in [0.25, 0.3) is 11.6 Å². The number of aromatic nitrogens is 2. The van der Waals surface area contributed by atoms with Gasteiger partial charge in [0.1, 0.15) is 0 Å². The van der Waals surface area contributed by atoms with Gasteiger partial charge in [-0.1, -0.05) is 25.9 Å². The van der Waals surface area contributed by atoms with Crippen LogP contribution in [0, 0.1) is 12.3 Å². The topological polar surface area (TPSA) is 102 Å². The molecule has 0 saturated carbocycles. The zero-order valence-electron chi connectivity index (χ0n) is 13.2. The minimum absolute atomic E-state index is 0.0702. The van der Waals surface area contributed by atoms with Crippen molar-refractivity contribution >= 4 is 27.0 Å². The van der Waals surface area contributed by atoms with E-state index in [1.54, 1.807) is 6.92 Å². The van der Waals surface area contributed by atoms with E-state index < -0.39 is 15.9 Å². The fourth-order valence-corrected chi connectivity index (χ4v) is 2.61. The van der Waals surface area contributed by atoms with Crippen molar-refractivity contribution in [1.82, 2.24) is 14.9 Å². The Morgan fingerprint density at radius 2 is 2.00 bits per heavy atom. The van der Waals surface area contributed by atoms with E-state index in [4.69, 9.17) is 4.52 Å². The third kappa shape index (κ3) is 3.82. The Morgan fingerprint density at radius 3 is 2.55 bits per heavy atom. The summed E-state index contributed by atoms with van der Waals surface area (Å²) in [6.45, 7) is 7.80. The van der Waals surface area contributed by atoms with Gasteiger partial charge in [-0.3, -0.25) is 4.79 Å². The molecule has 120 valence electrons. The SMILES string of the molecule is Cc1cc(C(=O)NS(C)(=O)=O)c2c(CC(C)(C)C)noc2n1. The van der Waals surface area contributed by atoms with Gasteiger partial charge in [-0.25, -0.2) is 18.1 Å². The lowest BCUT2D eigenvalue weighted by atomic mass is 9.89. The fourth-order valence-electron chi connectivity index (χ4n) is 2.16. The summed E-state index contributed by atoms with van der Waals surface area (Å²) in [7, 11) is -3.66. The Hall–Kier alpha value is -1.96. The first-order valence-corrected chi connectivity index (χ1v) is 8.63. The monoisotopic (exact) mass is 325 g/mol. The third-order valence-electron chi connectivity index (χ3n) is 2.87. The Morgan fingerprint density at radius 1 is 1.36 bits per heavy atom. The molecule has 0 aliphatic carbocycles. The number of nitrogens with zero attached hydrogens (tertiary/aromatic N) is 2. The van der Waals surface area contributed by atoms with Gasteiger partial charge in [0, 0.05) is 5.69 Å². The summed E-state index contributed by atoms with van der Waals surface area (Å²) in [4.78, 5) is 16.5. The van der Waals surface area contributed by atoms with Crippen molar-refractivity contribution in [1.29, 1.82) is 0 Å². The van der Waals surface area contributed by atoms with Crippen LogP contribution in [0.3, 0.4) is 0 Å². The number of fused-ring (bicyclic) bond motifs is 1. The van der Waals surface area contributed by atoms with Gasteiger partial charge in [-0.2, -0.15) is 0 Å². The second-order valence-corrected chi connectivity index (χ2v) is 8.31. The Balaban J connectivity index is 2.61. The minimum atomic E-state index is -3.66. The second kappa shape index (κ2) is 5.35. The lowest BCUT2D eigenvalue weighted by Crippen LogP contribution is -2.29. The molecule has 22 heavy (non-hydrogen) atoms. The van der Waals surface area contributed by atoms with Crippen molar-refractivity contribution in [3.63, 3.8) is 0 Å². The molecule has 0 bridgehead atoms. The summed E-state index contributed by atoms with van der Waals surface area (Å²) in [6, 6.07) is 1.53. The van der Waals surface area contributed by atoms with Gasteiger partial charge in [0.15, 0.2) is 0 Å². The molecule has 0 spiro atoms. The van der Waals surface area contributed by atoms with Gasteiger partial charge in [-0.15, -0.1) is 0 Å². The Kier molecular flexibility index (Phi) is 3.99. The van der Waals surface area contributed by atoms with Crippen LogP contribution in [0.5, 0.6) is 0 Å². The van der Waals surface area contributed by atoms with Crippen LogP contribution in [-0.2, 0) is 16.4 Å². The summed E-state index contributed by atoms with van der Waals surface area (Å²) in [6.07, 6.45) is 1.50. The van der Waals surface area contributed by atoms with E-state index >= 15 is 0 Å². The van der Waals surface area contributed by atoms with E-state index in [2.05, 4.69) is 10.1 Å². The normalized spacial score (nSPS) is 12.6. The third-order valence-corrected chi connectivity index (χ3v) is 3.42. The van der Waals surface area contributed by atoms with Crippen molar-refractivity contribution < 1.29 is 17.7 Å². The molecule has 2 aromatic rings. The summed E-state index contributed by atoms with van der Waals surface area (Å²) in [5, 5.41) is 4.45. The predicted molar refractivity (Wildman–Crippen MR) is 82.0 cm³/mol.